The van der Waals surface area contributed by atoms with Gasteiger partial charge in [-0.1, -0.05) is 13.3 Å². The fourth-order valence-electron chi connectivity index (χ4n) is 3.35. The third-order valence-electron chi connectivity index (χ3n) is 4.20. The minimum Gasteiger partial charge on any atom is -0.342 e. The number of nitrogens with one attached hydrogen (secondary N) is 1. The quantitative estimate of drug-likeness (QED) is 0.787. The van der Waals surface area contributed by atoms with Crippen LogP contribution in [0.25, 0.3) is 0 Å². The Bertz CT molecular complexity index is 254. The molecule has 1 saturated carbocycles. The first-order valence-electron chi connectivity index (χ1n) is 6.80. The van der Waals surface area contributed by atoms with E-state index in [2.05, 4.69) is 19.2 Å². The predicted octanol–water partition coefficient (Wildman–Crippen LogP) is 1.63. The lowest BCUT2D eigenvalue weighted by Crippen LogP contribution is -2.46. The second-order valence-electron chi connectivity index (χ2n) is 5.16. The molecule has 92 valence electrons. The smallest absolute Gasteiger partial charge is 0.239 e. The third kappa shape index (κ3) is 2.10. The van der Waals surface area contributed by atoms with Crippen LogP contribution >= 0.6 is 0 Å². The van der Waals surface area contributed by atoms with Crippen LogP contribution in [0.4, 0.5) is 0 Å². The zero-order valence-electron chi connectivity index (χ0n) is 10.5. The maximum atomic E-state index is 12.4. The molecule has 3 unspecified atom stereocenters. The van der Waals surface area contributed by atoms with Crippen LogP contribution in [0.15, 0.2) is 0 Å². The Labute approximate surface area is 98.6 Å². The average Bonchev–Trinajstić information content (AvgIpc) is 2.86. The number of nitrogens with zero attached hydrogens (tertiary/aromatic N) is 1. The van der Waals surface area contributed by atoms with Gasteiger partial charge in [-0.2, -0.15) is 0 Å². The second kappa shape index (κ2) is 5.17. The molecule has 2 rings (SSSR count). The molecule has 3 nitrogen and oxygen atoms in total. The van der Waals surface area contributed by atoms with E-state index in [1.807, 2.05) is 4.90 Å². The summed E-state index contributed by atoms with van der Waals surface area (Å²) in [5.41, 5.74) is 0. The van der Waals surface area contributed by atoms with Gasteiger partial charge in [0.05, 0.1) is 6.04 Å². The Kier molecular flexibility index (Phi) is 3.85. The Hall–Kier alpha value is -0.570. The van der Waals surface area contributed by atoms with Crippen molar-refractivity contribution in [2.75, 3.05) is 19.6 Å². The van der Waals surface area contributed by atoms with Gasteiger partial charge in [0, 0.05) is 13.1 Å². The normalized spacial score (nSPS) is 32.8. The zero-order valence-corrected chi connectivity index (χ0v) is 10.5. The standard InChI is InChI=1S/C13H24N2O/c1-3-8-15(4-2)13(16)12-11-7-5-6-10(11)9-14-12/h10-12,14H,3-9H2,1-2H3. The number of amides is 1. The number of carbonyl (C=O) groups is 1. The minimum absolute atomic E-state index is 0.124. The van der Waals surface area contributed by atoms with Gasteiger partial charge in [0.1, 0.15) is 0 Å². The molecule has 2 fully saturated rings. The molecule has 3 heteroatoms. The van der Waals surface area contributed by atoms with E-state index in [9.17, 15) is 4.79 Å². The van der Waals surface area contributed by atoms with E-state index in [4.69, 9.17) is 0 Å². The molecule has 0 aromatic carbocycles. The highest BCUT2D eigenvalue weighted by Crippen LogP contribution is 2.38. The van der Waals surface area contributed by atoms with Gasteiger partial charge in [0.2, 0.25) is 5.91 Å². The number of carbonyl (C=O) groups excluding carboxylic acids is 1. The lowest BCUT2D eigenvalue weighted by molar-refractivity contribution is -0.134. The summed E-state index contributed by atoms with van der Waals surface area (Å²) < 4.78 is 0. The topological polar surface area (TPSA) is 32.3 Å². The monoisotopic (exact) mass is 224 g/mol. The van der Waals surface area contributed by atoms with Crippen LogP contribution in [-0.4, -0.2) is 36.5 Å². The summed E-state index contributed by atoms with van der Waals surface area (Å²) in [4.78, 5) is 14.4. The molecule has 0 aromatic heterocycles. The van der Waals surface area contributed by atoms with Crippen LogP contribution in [0.5, 0.6) is 0 Å². The van der Waals surface area contributed by atoms with E-state index in [0.29, 0.717) is 11.8 Å². The summed E-state index contributed by atoms with van der Waals surface area (Å²) in [6.45, 7) is 7.03. The zero-order chi connectivity index (χ0) is 11.5. The summed E-state index contributed by atoms with van der Waals surface area (Å²) in [5.74, 6) is 1.74. The molecule has 0 spiro atoms. The van der Waals surface area contributed by atoms with E-state index in [-0.39, 0.29) is 6.04 Å². The minimum atomic E-state index is 0.124. The fourth-order valence-corrected chi connectivity index (χ4v) is 3.35. The summed E-state index contributed by atoms with van der Waals surface area (Å²) in [6, 6.07) is 0.124. The van der Waals surface area contributed by atoms with Crippen LogP contribution in [0, 0.1) is 11.8 Å². The van der Waals surface area contributed by atoms with E-state index in [1.54, 1.807) is 0 Å². The highest BCUT2D eigenvalue weighted by atomic mass is 16.2. The molecule has 2 aliphatic rings. The van der Waals surface area contributed by atoms with Gasteiger partial charge in [0.25, 0.3) is 0 Å². The number of hydrogen-bond acceptors (Lipinski definition) is 2. The summed E-state index contributed by atoms with van der Waals surface area (Å²) in [7, 11) is 0. The van der Waals surface area contributed by atoms with Crippen molar-refractivity contribution >= 4 is 5.91 Å². The van der Waals surface area contributed by atoms with Crippen molar-refractivity contribution in [2.24, 2.45) is 11.8 Å². The molecule has 0 radical (unpaired) electrons. The van der Waals surface area contributed by atoms with Gasteiger partial charge >= 0.3 is 0 Å². The summed E-state index contributed by atoms with van der Waals surface area (Å²) >= 11 is 0. The second-order valence-corrected chi connectivity index (χ2v) is 5.16. The highest BCUT2D eigenvalue weighted by molar-refractivity contribution is 5.82. The van der Waals surface area contributed by atoms with Crippen LogP contribution in [-0.2, 0) is 4.79 Å². The number of hydrogen-bond donors (Lipinski definition) is 1. The van der Waals surface area contributed by atoms with Gasteiger partial charge < -0.3 is 10.2 Å². The molecule has 3 atom stereocenters. The van der Waals surface area contributed by atoms with Gasteiger partial charge in [-0.25, -0.2) is 0 Å². The third-order valence-corrected chi connectivity index (χ3v) is 4.20. The average molecular weight is 224 g/mol. The number of likely N-dealkylation sites (N-methyl/N-ethyl adjacent to an activating group) is 1. The van der Waals surface area contributed by atoms with Gasteiger partial charge in [-0.05, 0) is 44.6 Å². The van der Waals surface area contributed by atoms with Crippen molar-refractivity contribution in [3.8, 4) is 0 Å². The lowest BCUT2D eigenvalue weighted by atomic mass is 9.93. The molecular weight excluding hydrogens is 200 g/mol. The molecule has 1 amide bonds. The first kappa shape index (κ1) is 11.9. The summed E-state index contributed by atoms with van der Waals surface area (Å²) in [6.07, 6.45) is 4.94. The Morgan fingerprint density at radius 3 is 2.88 bits per heavy atom. The molecule has 1 aliphatic carbocycles. The SMILES string of the molecule is CCCN(CC)C(=O)C1NCC2CCCC21. The maximum absolute atomic E-state index is 12.4. The van der Waals surface area contributed by atoms with Crippen molar-refractivity contribution in [3.63, 3.8) is 0 Å². The maximum Gasteiger partial charge on any atom is 0.239 e. The van der Waals surface area contributed by atoms with Crippen molar-refractivity contribution in [1.82, 2.24) is 10.2 Å². The van der Waals surface area contributed by atoms with Crippen LogP contribution in [0.2, 0.25) is 0 Å². The van der Waals surface area contributed by atoms with Crippen molar-refractivity contribution in [2.45, 2.75) is 45.6 Å². The summed E-state index contributed by atoms with van der Waals surface area (Å²) in [5, 5.41) is 3.44. The molecule has 1 aliphatic heterocycles. The van der Waals surface area contributed by atoms with E-state index < -0.39 is 0 Å². The van der Waals surface area contributed by atoms with Crippen LogP contribution in [0.1, 0.15) is 39.5 Å². The Morgan fingerprint density at radius 1 is 1.38 bits per heavy atom. The molecule has 0 bridgehead atoms. The molecule has 1 saturated heterocycles. The first-order valence-corrected chi connectivity index (χ1v) is 6.80. The number of rotatable bonds is 4. The molecule has 0 aromatic rings. The molecule has 1 N–H and O–H groups in total. The molecular formula is C13H24N2O. The van der Waals surface area contributed by atoms with Crippen molar-refractivity contribution in [1.29, 1.82) is 0 Å². The van der Waals surface area contributed by atoms with E-state index in [0.717, 1.165) is 32.0 Å². The fraction of sp³-hybridized carbons (Fsp3) is 0.923. The largest absolute Gasteiger partial charge is 0.342 e. The predicted molar refractivity (Wildman–Crippen MR) is 65.2 cm³/mol. The van der Waals surface area contributed by atoms with E-state index in [1.165, 1.54) is 19.3 Å². The van der Waals surface area contributed by atoms with Gasteiger partial charge in [-0.3, -0.25) is 4.79 Å². The lowest BCUT2D eigenvalue weighted by Gasteiger charge is -2.26. The van der Waals surface area contributed by atoms with Crippen molar-refractivity contribution < 1.29 is 4.79 Å². The van der Waals surface area contributed by atoms with E-state index >= 15 is 0 Å². The highest BCUT2D eigenvalue weighted by Gasteiger charge is 2.43. The van der Waals surface area contributed by atoms with Crippen LogP contribution < -0.4 is 5.32 Å². The van der Waals surface area contributed by atoms with Crippen LogP contribution in [0.3, 0.4) is 0 Å². The Balaban J connectivity index is 1.98. The van der Waals surface area contributed by atoms with Gasteiger partial charge in [-0.15, -0.1) is 0 Å². The Morgan fingerprint density at radius 2 is 2.19 bits per heavy atom. The van der Waals surface area contributed by atoms with Crippen molar-refractivity contribution in [3.05, 3.63) is 0 Å². The van der Waals surface area contributed by atoms with Gasteiger partial charge in [0.15, 0.2) is 0 Å². The number of fused-ring (bicyclic) bond motifs is 1. The first-order chi connectivity index (χ1) is 7.77. The molecule has 1 heterocycles. The molecule has 16 heavy (non-hydrogen) atoms.